The molecule has 21 heavy (non-hydrogen) atoms. The molecular weight excluding hydrogens is 306 g/mol. The summed E-state index contributed by atoms with van der Waals surface area (Å²) < 4.78 is 0.425. The Morgan fingerprint density at radius 1 is 1.24 bits per heavy atom. The van der Waals surface area contributed by atoms with E-state index in [1.807, 2.05) is 41.7 Å². The Balaban J connectivity index is 2.09. The van der Waals surface area contributed by atoms with Gasteiger partial charge in [0.05, 0.1) is 16.6 Å². The Bertz CT molecular complexity index is 720. The van der Waals surface area contributed by atoms with Gasteiger partial charge >= 0.3 is 0 Å². The van der Waals surface area contributed by atoms with Crippen LogP contribution in [0, 0.1) is 0 Å². The van der Waals surface area contributed by atoms with Gasteiger partial charge < -0.3 is 16.5 Å². The molecule has 1 aliphatic heterocycles. The fourth-order valence-electron chi connectivity index (χ4n) is 2.56. The van der Waals surface area contributed by atoms with E-state index in [4.69, 9.17) is 11.5 Å². The smallest absolute Gasteiger partial charge is 0.251 e. The molecule has 2 heterocycles. The molecule has 0 saturated carbocycles. The summed E-state index contributed by atoms with van der Waals surface area (Å²) in [6, 6.07) is 5.94. The largest absolute Gasteiger partial charge is 0.369 e. The lowest BCUT2D eigenvalue weighted by Gasteiger charge is -2.08. The number of hydrogen-bond donors (Lipinski definition) is 3. The van der Waals surface area contributed by atoms with Crippen molar-refractivity contribution < 1.29 is 9.59 Å². The molecule has 0 radical (unpaired) electrons. The Kier molecular flexibility index (Phi) is 3.86. The van der Waals surface area contributed by atoms with Crippen LogP contribution in [0.4, 0.5) is 0 Å². The number of carbonyl (C=O) groups excluding carboxylic acids is 2. The van der Waals surface area contributed by atoms with Crippen molar-refractivity contribution in [1.82, 2.24) is 4.98 Å². The van der Waals surface area contributed by atoms with Crippen molar-refractivity contribution in [1.29, 1.82) is 0 Å². The summed E-state index contributed by atoms with van der Waals surface area (Å²) in [6.07, 6.45) is -0.0186. The molecule has 0 unspecified atom stereocenters. The topological polar surface area (TPSA) is 102 Å². The van der Waals surface area contributed by atoms with Crippen LogP contribution < -0.4 is 11.5 Å². The molecule has 3 rings (SSSR count). The first kappa shape index (κ1) is 14.3. The molecule has 1 aromatic heterocycles. The van der Waals surface area contributed by atoms with Crippen molar-refractivity contribution in [3.05, 3.63) is 35.0 Å². The maximum absolute atomic E-state index is 11.7. The quantitative estimate of drug-likeness (QED) is 0.798. The first-order valence-electron chi connectivity index (χ1n) is 6.52. The zero-order valence-corrected chi connectivity index (χ0v) is 12.9. The number of benzene rings is 1. The monoisotopic (exact) mass is 321 g/mol. The molecule has 0 atom stereocenters. The lowest BCUT2D eigenvalue weighted by atomic mass is 10.1. The molecule has 1 aromatic carbocycles. The van der Waals surface area contributed by atoms with Crippen LogP contribution in [0.5, 0.6) is 0 Å². The summed E-state index contributed by atoms with van der Waals surface area (Å²) in [5, 5.41) is 0.746. The molecule has 1 aliphatic rings. The molecule has 110 valence electrons. The number of rotatable bonds is 4. The van der Waals surface area contributed by atoms with Crippen molar-refractivity contribution in [2.45, 2.75) is 11.0 Å². The van der Waals surface area contributed by atoms with Gasteiger partial charge in [-0.15, -0.1) is 23.5 Å². The van der Waals surface area contributed by atoms with Crippen molar-refractivity contribution in [2.24, 2.45) is 11.5 Å². The predicted octanol–water partition coefficient (Wildman–Crippen LogP) is 1.77. The van der Waals surface area contributed by atoms with Crippen LogP contribution in [0.25, 0.3) is 10.9 Å². The van der Waals surface area contributed by atoms with Gasteiger partial charge in [-0.2, -0.15) is 0 Å². The third-order valence-electron chi connectivity index (χ3n) is 3.39. The van der Waals surface area contributed by atoms with Crippen molar-refractivity contribution in [3.8, 4) is 0 Å². The molecule has 2 amide bonds. The Morgan fingerprint density at radius 2 is 1.95 bits per heavy atom. The van der Waals surface area contributed by atoms with Crippen LogP contribution in [-0.4, -0.2) is 28.3 Å². The highest BCUT2D eigenvalue weighted by Gasteiger charge is 2.21. The number of nitrogens with one attached hydrogen (secondary N) is 1. The van der Waals surface area contributed by atoms with Gasteiger partial charge in [-0.3, -0.25) is 9.59 Å². The van der Waals surface area contributed by atoms with E-state index in [2.05, 4.69) is 4.98 Å². The van der Waals surface area contributed by atoms with E-state index >= 15 is 0 Å². The Hall–Kier alpha value is -1.60. The number of primary amides is 2. The predicted molar refractivity (Wildman–Crippen MR) is 87.4 cm³/mol. The zero-order chi connectivity index (χ0) is 15.0. The minimum Gasteiger partial charge on any atom is -0.369 e. The highest BCUT2D eigenvalue weighted by atomic mass is 32.2. The highest BCUT2D eigenvalue weighted by molar-refractivity contribution is 8.19. The highest BCUT2D eigenvalue weighted by Crippen LogP contribution is 2.45. The lowest BCUT2D eigenvalue weighted by molar-refractivity contribution is -0.117. The summed E-state index contributed by atoms with van der Waals surface area (Å²) in [5.74, 6) is 1.26. The second-order valence-corrected chi connectivity index (χ2v) is 7.59. The van der Waals surface area contributed by atoms with E-state index in [9.17, 15) is 9.59 Å². The van der Waals surface area contributed by atoms with Crippen molar-refractivity contribution >= 4 is 46.2 Å². The third kappa shape index (κ3) is 2.75. The van der Waals surface area contributed by atoms with Crippen molar-refractivity contribution in [2.75, 3.05) is 11.5 Å². The van der Waals surface area contributed by atoms with Gasteiger partial charge in [-0.1, -0.05) is 12.1 Å². The average molecular weight is 321 g/mol. The first-order chi connectivity index (χ1) is 10.1. The van der Waals surface area contributed by atoms with Crippen molar-refractivity contribution in [3.63, 3.8) is 0 Å². The minimum absolute atomic E-state index is 0.0186. The van der Waals surface area contributed by atoms with Gasteiger partial charge in [0.15, 0.2) is 0 Å². The number of nitrogens with two attached hydrogens (primary N) is 2. The van der Waals surface area contributed by atoms with E-state index in [1.54, 1.807) is 0 Å². The molecule has 0 aliphatic carbocycles. The summed E-state index contributed by atoms with van der Waals surface area (Å²) in [4.78, 5) is 25.9. The van der Waals surface area contributed by atoms with E-state index in [0.717, 1.165) is 22.4 Å². The number of carbonyl (C=O) groups is 2. The van der Waals surface area contributed by atoms with Crippen LogP contribution in [0.3, 0.4) is 0 Å². The van der Waals surface area contributed by atoms with Gasteiger partial charge in [-0.25, -0.2) is 0 Å². The standard InChI is InChI=1S/C14H15N3O2S2/c15-11(18)6-10-12(13(16)19)8-2-1-7(5-9(8)17-10)14-20-3-4-21-14/h1-2,5,14,17H,3-4,6H2,(H2,15,18)(H2,16,19). The number of thioether (sulfide) groups is 2. The normalized spacial score (nSPS) is 15.6. The first-order valence-corrected chi connectivity index (χ1v) is 8.62. The molecule has 7 heteroatoms. The third-order valence-corrected chi connectivity index (χ3v) is 6.50. The fourth-order valence-corrected chi connectivity index (χ4v) is 5.39. The van der Waals surface area contributed by atoms with Crippen LogP contribution in [0.2, 0.25) is 0 Å². The number of amides is 2. The zero-order valence-electron chi connectivity index (χ0n) is 11.2. The maximum Gasteiger partial charge on any atom is 0.251 e. The van der Waals surface area contributed by atoms with Crippen LogP contribution in [-0.2, 0) is 11.2 Å². The van der Waals surface area contributed by atoms with E-state index < -0.39 is 11.8 Å². The van der Waals surface area contributed by atoms with E-state index in [1.165, 1.54) is 5.56 Å². The fraction of sp³-hybridized carbons (Fsp3) is 0.286. The van der Waals surface area contributed by atoms with Gasteiger partial charge in [-0.05, 0) is 11.6 Å². The number of aromatic nitrogens is 1. The summed E-state index contributed by atoms with van der Waals surface area (Å²) in [7, 11) is 0. The molecule has 0 spiro atoms. The second kappa shape index (κ2) is 5.65. The Morgan fingerprint density at radius 3 is 2.57 bits per heavy atom. The van der Waals surface area contributed by atoms with Gasteiger partial charge in [0.2, 0.25) is 5.91 Å². The number of hydrogen-bond acceptors (Lipinski definition) is 4. The molecule has 0 bridgehead atoms. The maximum atomic E-state index is 11.7. The molecule has 5 N–H and O–H groups in total. The number of fused-ring (bicyclic) bond motifs is 1. The minimum atomic E-state index is -0.546. The SMILES string of the molecule is NC(=O)Cc1[nH]c2cc(C3SCCS3)ccc2c1C(N)=O. The van der Waals surface area contributed by atoms with Crippen LogP contribution >= 0.6 is 23.5 Å². The lowest BCUT2D eigenvalue weighted by Crippen LogP contribution is -2.18. The van der Waals surface area contributed by atoms with Crippen LogP contribution in [0.1, 0.15) is 26.2 Å². The second-order valence-electron chi connectivity index (χ2n) is 4.86. The summed E-state index contributed by atoms with van der Waals surface area (Å²) in [5.41, 5.74) is 13.6. The Labute approximate surface area is 130 Å². The van der Waals surface area contributed by atoms with Crippen LogP contribution in [0.15, 0.2) is 18.2 Å². The molecule has 2 aromatic rings. The number of H-pyrrole nitrogens is 1. The molecule has 1 saturated heterocycles. The molecule has 5 nitrogen and oxygen atoms in total. The number of aromatic amines is 1. The van der Waals surface area contributed by atoms with Gasteiger partial charge in [0.1, 0.15) is 0 Å². The summed E-state index contributed by atoms with van der Waals surface area (Å²) in [6.45, 7) is 0. The van der Waals surface area contributed by atoms with Gasteiger partial charge in [0.25, 0.3) is 5.91 Å². The van der Waals surface area contributed by atoms with E-state index in [-0.39, 0.29) is 6.42 Å². The average Bonchev–Trinajstić information content (AvgIpc) is 3.03. The summed E-state index contributed by atoms with van der Waals surface area (Å²) >= 11 is 3.83. The van der Waals surface area contributed by atoms with E-state index in [0.29, 0.717) is 15.8 Å². The van der Waals surface area contributed by atoms with Gasteiger partial charge in [0, 0.05) is 28.1 Å². The molecule has 1 fully saturated rings. The molecular formula is C14H15N3O2S2.